The van der Waals surface area contributed by atoms with E-state index in [-0.39, 0.29) is 11.8 Å². The van der Waals surface area contributed by atoms with Crippen molar-refractivity contribution < 1.29 is 19.1 Å². The summed E-state index contributed by atoms with van der Waals surface area (Å²) in [7, 11) is 3.10. The minimum absolute atomic E-state index is 0.0164. The van der Waals surface area contributed by atoms with Crippen LogP contribution >= 0.6 is 0 Å². The van der Waals surface area contributed by atoms with Crippen LogP contribution < -0.4 is 9.47 Å². The van der Waals surface area contributed by atoms with Crippen LogP contribution in [0.4, 0.5) is 0 Å². The quantitative estimate of drug-likeness (QED) is 0.638. The molecule has 1 fully saturated rings. The van der Waals surface area contributed by atoms with Crippen molar-refractivity contribution >= 4 is 11.8 Å². The van der Waals surface area contributed by atoms with Crippen LogP contribution in [0.15, 0.2) is 67.0 Å². The predicted octanol–water partition coefficient (Wildman–Crippen LogP) is 3.09. The van der Waals surface area contributed by atoms with Crippen LogP contribution in [-0.2, 0) is 0 Å². The maximum absolute atomic E-state index is 12.9. The Labute approximate surface area is 181 Å². The molecular formula is C24H25N3O4. The molecule has 2 aromatic carbocycles. The number of piperazine rings is 1. The lowest BCUT2D eigenvalue weighted by atomic mass is 10.1. The molecule has 160 valence electrons. The summed E-state index contributed by atoms with van der Waals surface area (Å²) in [5, 5.41) is 0. The number of methoxy groups -OCH3 is 2. The molecule has 2 heterocycles. The van der Waals surface area contributed by atoms with E-state index in [0.717, 1.165) is 5.69 Å². The second kappa shape index (κ2) is 8.95. The molecule has 0 atom stereocenters. The third kappa shape index (κ3) is 4.26. The lowest BCUT2D eigenvalue weighted by Crippen LogP contribution is -2.50. The van der Waals surface area contributed by atoms with Gasteiger partial charge in [-0.3, -0.25) is 9.59 Å². The van der Waals surface area contributed by atoms with E-state index < -0.39 is 0 Å². The summed E-state index contributed by atoms with van der Waals surface area (Å²) in [6, 6.07) is 16.6. The second-order valence-electron chi connectivity index (χ2n) is 7.29. The van der Waals surface area contributed by atoms with Gasteiger partial charge in [-0.1, -0.05) is 0 Å². The van der Waals surface area contributed by atoms with Gasteiger partial charge in [-0.05, 0) is 54.6 Å². The molecule has 1 aliphatic rings. The van der Waals surface area contributed by atoms with Gasteiger partial charge in [0.2, 0.25) is 0 Å². The average Bonchev–Trinajstić information content (AvgIpc) is 3.38. The second-order valence-corrected chi connectivity index (χ2v) is 7.29. The van der Waals surface area contributed by atoms with Crippen LogP contribution in [-0.4, -0.2) is 66.6 Å². The summed E-state index contributed by atoms with van der Waals surface area (Å²) in [4.78, 5) is 29.3. The Morgan fingerprint density at radius 1 is 0.710 bits per heavy atom. The number of ether oxygens (including phenoxy) is 2. The maximum Gasteiger partial charge on any atom is 0.254 e. The monoisotopic (exact) mass is 419 g/mol. The Morgan fingerprint density at radius 3 is 1.77 bits per heavy atom. The molecule has 0 unspecified atom stereocenters. The molecule has 3 aromatic rings. The van der Waals surface area contributed by atoms with Crippen molar-refractivity contribution in [3.8, 4) is 17.2 Å². The van der Waals surface area contributed by atoms with Gasteiger partial charge in [0.05, 0.1) is 14.2 Å². The minimum atomic E-state index is -0.0795. The van der Waals surface area contributed by atoms with Gasteiger partial charge in [-0.2, -0.15) is 0 Å². The molecule has 0 spiro atoms. The molecule has 1 aromatic heterocycles. The van der Waals surface area contributed by atoms with Gasteiger partial charge in [0.25, 0.3) is 11.8 Å². The molecule has 0 bridgehead atoms. The SMILES string of the molecule is COc1ccc(C(=O)N2CCN(C(=O)c3ccc(-n4cccc4)cc3)CC2)cc1OC. The molecular weight excluding hydrogens is 394 g/mol. The summed E-state index contributed by atoms with van der Waals surface area (Å²) in [5.74, 6) is 1.00. The van der Waals surface area contributed by atoms with Gasteiger partial charge in [0.1, 0.15) is 0 Å². The summed E-state index contributed by atoms with van der Waals surface area (Å²) in [6.45, 7) is 1.97. The van der Waals surface area contributed by atoms with Gasteiger partial charge in [-0.15, -0.1) is 0 Å². The maximum atomic E-state index is 12.9. The highest BCUT2D eigenvalue weighted by Gasteiger charge is 2.26. The number of aromatic nitrogens is 1. The van der Waals surface area contributed by atoms with E-state index in [4.69, 9.17) is 9.47 Å². The van der Waals surface area contributed by atoms with E-state index in [1.807, 2.05) is 53.4 Å². The van der Waals surface area contributed by atoms with Gasteiger partial charge >= 0.3 is 0 Å². The highest BCUT2D eigenvalue weighted by Crippen LogP contribution is 2.28. The van der Waals surface area contributed by atoms with Crippen LogP contribution in [0.5, 0.6) is 11.5 Å². The first-order valence-corrected chi connectivity index (χ1v) is 10.1. The smallest absolute Gasteiger partial charge is 0.254 e. The Kier molecular flexibility index (Phi) is 5.93. The molecule has 2 amide bonds. The summed E-state index contributed by atoms with van der Waals surface area (Å²) < 4.78 is 12.5. The van der Waals surface area contributed by atoms with Crippen LogP contribution in [0.2, 0.25) is 0 Å². The zero-order chi connectivity index (χ0) is 21.8. The number of carbonyl (C=O) groups is 2. The number of hydrogen-bond donors (Lipinski definition) is 0. The Hall–Kier alpha value is -3.74. The molecule has 0 N–H and O–H groups in total. The Morgan fingerprint density at radius 2 is 1.23 bits per heavy atom. The predicted molar refractivity (Wildman–Crippen MR) is 117 cm³/mol. The first-order chi connectivity index (χ1) is 15.1. The summed E-state index contributed by atoms with van der Waals surface area (Å²) in [5.41, 5.74) is 2.19. The van der Waals surface area contributed by atoms with Gasteiger partial charge in [-0.25, -0.2) is 0 Å². The zero-order valence-corrected chi connectivity index (χ0v) is 17.7. The summed E-state index contributed by atoms with van der Waals surface area (Å²) >= 11 is 0. The standard InChI is InChI=1S/C24H25N3O4/c1-30-21-10-7-19(17-22(21)31-2)24(29)27-15-13-26(14-16-27)23(28)18-5-8-20(9-6-18)25-11-3-4-12-25/h3-12,17H,13-16H2,1-2H3. The highest BCUT2D eigenvalue weighted by atomic mass is 16.5. The minimum Gasteiger partial charge on any atom is -0.493 e. The Bertz CT molecular complexity index is 1050. The normalized spacial score (nSPS) is 13.7. The van der Waals surface area contributed by atoms with Crippen molar-refractivity contribution in [2.45, 2.75) is 0 Å². The van der Waals surface area contributed by atoms with E-state index in [2.05, 4.69) is 0 Å². The number of nitrogens with zero attached hydrogens (tertiary/aromatic N) is 3. The van der Waals surface area contributed by atoms with E-state index in [1.165, 1.54) is 0 Å². The molecule has 0 aliphatic carbocycles. The zero-order valence-electron chi connectivity index (χ0n) is 17.7. The number of amides is 2. The van der Waals surface area contributed by atoms with E-state index >= 15 is 0 Å². The van der Waals surface area contributed by atoms with Crippen molar-refractivity contribution in [3.05, 3.63) is 78.1 Å². The molecule has 31 heavy (non-hydrogen) atoms. The molecule has 1 saturated heterocycles. The molecule has 0 saturated carbocycles. The fourth-order valence-corrected chi connectivity index (χ4v) is 3.73. The van der Waals surface area contributed by atoms with E-state index in [9.17, 15) is 9.59 Å². The van der Waals surface area contributed by atoms with Crippen LogP contribution in [0.1, 0.15) is 20.7 Å². The number of benzene rings is 2. The lowest BCUT2D eigenvalue weighted by molar-refractivity contribution is 0.0535. The van der Waals surface area contributed by atoms with Crippen molar-refractivity contribution in [3.63, 3.8) is 0 Å². The fourth-order valence-electron chi connectivity index (χ4n) is 3.73. The third-order valence-electron chi connectivity index (χ3n) is 5.50. The van der Waals surface area contributed by atoms with Crippen LogP contribution in [0, 0.1) is 0 Å². The van der Waals surface area contributed by atoms with Gasteiger partial charge in [0, 0.05) is 55.4 Å². The van der Waals surface area contributed by atoms with Gasteiger partial charge < -0.3 is 23.8 Å². The van der Waals surface area contributed by atoms with E-state index in [0.29, 0.717) is 48.8 Å². The van der Waals surface area contributed by atoms with Crippen LogP contribution in [0.3, 0.4) is 0 Å². The lowest BCUT2D eigenvalue weighted by Gasteiger charge is -2.35. The summed E-state index contributed by atoms with van der Waals surface area (Å²) in [6.07, 6.45) is 3.93. The molecule has 4 rings (SSSR count). The topological polar surface area (TPSA) is 64.0 Å². The number of carbonyl (C=O) groups excluding carboxylic acids is 2. The highest BCUT2D eigenvalue weighted by molar-refractivity contribution is 5.96. The van der Waals surface area contributed by atoms with Crippen molar-refractivity contribution in [2.24, 2.45) is 0 Å². The number of rotatable bonds is 5. The van der Waals surface area contributed by atoms with Crippen LogP contribution in [0.25, 0.3) is 5.69 Å². The molecule has 0 radical (unpaired) electrons. The number of hydrogen-bond acceptors (Lipinski definition) is 4. The first-order valence-electron chi connectivity index (χ1n) is 10.1. The van der Waals surface area contributed by atoms with Crippen molar-refractivity contribution in [2.75, 3.05) is 40.4 Å². The fraction of sp³-hybridized carbons (Fsp3) is 0.250. The van der Waals surface area contributed by atoms with Crippen molar-refractivity contribution in [1.29, 1.82) is 0 Å². The largest absolute Gasteiger partial charge is 0.493 e. The van der Waals surface area contributed by atoms with Crippen molar-refractivity contribution in [1.82, 2.24) is 14.4 Å². The van der Waals surface area contributed by atoms with Gasteiger partial charge in [0.15, 0.2) is 11.5 Å². The first kappa shape index (κ1) is 20.5. The average molecular weight is 419 g/mol. The Balaban J connectivity index is 1.38. The molecule has 7 nitrogen and oxygen atoms in total. The van der Waals surface area contributed by atoms with E-state index in [1.54, 1.807) is 42.2 Å². The third-order valence-corrected chi connectivity index (χ3v) is 5.50. The molecule has 7 heteroatoms. The molecule has 1 aliphatic heterocycles.